The first-order valence-electron chi connectivity index (χ1n) is 8.43. The first-order chi connectivity index (χ1) is 13.5. The van der Waals surface area contributed by atoms with Crippen LogP contribution in [0.5, 0.6) is 5.75 Å². The van der Waals surface area contributed by atoms with Crippen LogP contribution in [0.15, 0.2) is 59.5 Å². The standard InChI is InChI=1S/C20H16Cl2N4O2/c1-28-14-4-2-12(3-5-14)11-25-18-10-24-26(17(18)6-7-19(25)27)20-15(21)8-13(23)9-16(20)22/h2-10H,11,23H2,1H3. The molecule has 6 nitrogen and oxygen atoms in total. The molecule has 0 unspecified atom stereocenters. The van der Waals surface area contributed by atoms with E-state index in [1.165, 1.54) is 6.07 Å². The molecular formula is C20H16Cl2N4O2. The molecule has 0 aliphatic heterocycles. The lowest BCUT2D eigenvalue weighted by molar-refractivity contribution is 0.414. The molecule has 0 radical (unpaired) electrons. The number of anilines is 1. The van der Waals surface area contributed by atoms with Gasteiger partial charge >= 0.3 is 0 Å². The van der Waals surface area contributed by atoms with E-state index in [1.54, 1.807) is 40.8 Å². The summed E-state index contributed by atoms with van der Waals surface area (Å²) in [5.41, 5.74) is 8.99. The van der Waals surface area contributed by atoms with E-state index in [9.17, 15) is 4.79 Å². The average molecular weight is 415 g/mol. The number of nitrogens with zero attached hydrogens (tertiary/aromatic N) is 3. The lowest BCUT2D eigenvalue weighted by Gasteiger charge is -2.11. The topological polar surface area (TPSA) is 75.1 Å². The number of nitrogens with two attached hydrogens (primary N) is 1. The Morgan fingerprint density at radius 3 is 2.36 bits per heavy atom. The third-order valence-corrected chi connectivity index (χ3v) is 5.05. The Morgan fingerprint density at radius 2 is 1.71 bits per heavy atom. The number of hydrogen-bond donors (Lipinski definition) is 1. The molecule has 0 fully saturated rings. The molecule has 4 aromatic rings. The van der Waals surface area contributed by atoms with Crippen molar-refractivity contribution in [3.05, 3.63) is 80.7 Å². The van der Waals surface area contributed by atoms with Crippen molar-refractivity contribution in [1.29, 1.82) is 0 Å². The first kappa shape index (κ1) is 18.4. The second-order valence-corrected chi connectivity index (χ2v) is 7.08. The zero-order valence-electron chi connectivity index (χ0n) is 14.9. The van der Waals surface area contributed by atoms with Crippen LogP contribution in [0.25, 0.3) is 16.7 Å². The van der Waals surface area contributed by atoms with E-state index in [-0.39, 0.29) is 5.56 Å². The highest BCUT2D eigenvalue weighted by Gasteiger charge is 2.16. The molecule has 0 saturated heterocycles. The van der Waals surface area contributed by atoms with Crippen molar-refractivity contribution in [3.63, 3.8) is 0 Å². The van der Waals surface area contributed by atoms with Gasteiger partial charge in [-0.3, -0.25) is 4.79 Å². The van der Waals surface area contributed by atoms with Crippen LogP contribution in [0.4, 0.5) is 5.69 Å². The second-order valence-electron chi connectivity index (χ2n) is 6.27. The van der Waals surface area contributed by atoms with Crippen LogP contribution in [0.1, 0.15) is 5.56 Å². The summed E-state index contributed by atoms with van der Waals surface area (Å²) >= 11 is 12.7. The van der Waals surface area contributed by atoms with Crippen LogP contribution < -0.4 is 16.0 Å². The normalized spacial score (nSPS) is 11.1. The maximum Gasteiger partial charge on any atom is 0.251 e. The zero-order chi connectivity index (χ0) is 19.8. The molecule has 4 rings (SSSR count). The summed E-state index contributed by atoms with van der Waals surface area (Å²) in [4.78, 5) is 12.5. The van der Waals surface area contributed by atoms with Gasteiger partial charge in [0.2, 0.25) is 0 Å². The number of pyridine rings is 1. The molecule has 0 aliphatic rings. The van der Waals surface area contributed by atoms with E-state index in [0.717, 1.165) is 11.3 Å². The van der Waals surface area contributed by atoms with Gasteiger partial charge in [-0.05, 0) is 35.9 Å². The van der Waals surface area contributed by atoms with E-state index in [0.29, 0.717) is 39.0 Å². The number of fused-ring (bicyclic) bond motifs is 1. The molecule has 142 valence electrons. The van der Waals surface area contributed by atoms with Crippen molar-refractivity contribution in [3.8, 4) is 11.4 Å². The number of nitrogen functional groups attached to an aromatic ring is 1. The summed E-state index contributed by atoms with van der Waals surface area (Å²) in [6, 6.07) is 14.0. The maximum absolute atomic E-state index is 12.5. The van der Waals surface area contributed by atoms with Gasteiger partial charge in [-0.2, -0.15) is 5.10 Å². The summed E-state index contributed by atoms with van der Waals surface area (Å²) in [6.07, 6.45) is 1.63. The number of methoxy groups -OCH3 is 1. The summed E-state index contributed by atoms with van der Waals surface area (Å²) in [6.45, 7) is 0.398. The van der Waals surface area contributed by atoms with Gasteiger partial charge in [0.1, 0.15) is 11.4 Å². The Kier molecular flexibility index (Phi) is 4.75. The SMILES string of the molecule is COc1ccc(Cn2c(=O)ccc3c2cnn3-c2c(Cl)cc(N)cc2Cl)cc1. The molecule has 2 aromatic carbocycles. The number of aromatic nitrogens is 3. The van der Waals surface area contributed by atoms with Crippen LogP contribution >= 0.6 is 23.2 Å². The highest BCUT2D eigenvalue weighted by Crippen LogP contribution is 2.32. The fourth-order valence-electron chi connectivity index (χ4n) is 3.11. The van der Waals surface area contributed by atoms with Crippen molar-refractivity contribution in [1.82, 2.24) is 14.3 Å². The van der Waals surface area contributed by atoms with Gasteiger partial charge in [0, 0.05) is 11.8 Å². The smallest absolute Gasteiger partial charge is 0.251 e. The minimum atomic E-state index is -0.127. The minimum absolute atomic E-state index is 0.127. The Labute approximate surface area is 170 Å². The molecule has 8 heteroatoms. The molecule has 0 spiro atoms. The lowest BCUT2D eigenvalue weighted by Crippen LogP contribution is -2.19. The van der Waals surface area contributed by atoms with E-state index >= 15 is 0 Å². The van der Waals surface area contributed by atoms with Gasteiger partial charge < -0.3 is 15.0 Å². The van der Waals surface area contributed by atoms with Crippen molar-refractivity contribution >= 4 is 39.9 Å². The fourth-order valence-corrected chi connectivity index (χ4v) is 3.78. The maximum atomic E-state index is 12.5. The zero-order valence-corrected chi connectivity index (χ0v) is 16.4. The van der Waals surface area contributed by atoms with Crippen molar-refractivity contribution in [2.45, 2.75) is 6.54 Å². The van der Waals surface area contributed by atoms with Crippen LogP contribution in [0, 0.1) is 0 Å². The summed E-state index contributed by atoms with van der Waals surface area (Å²) in [7, 11) is 1.61. The number of rotatable bonds is 4. The highest BCUT2D eigenvalue weighted by molar-refractivity contribution is 6.38. The van der Waals surface area contributed by atoms with E-state index < -0.39 is 0 Å². The van der Waals surface area contributed by atoms with Gasteiger partial charge in [-0.1, -0.05) is 35.3 Å². The largest absolute Gasteiger partial charge is 0.497 e. The molecule has 2 aromatic heterocycles. The van der Waals surface area contributed by atoms with Crippen LogP contribution in [0.2, 0.25) is 10.0 Å². The van der Waals surface area contributed by atoms with Crippen LogP contribution in [0.3, 0.4) is 0 Å². The third-order valence-electron chi connectivity index (χ3n) is 4.48. The van der Waals surface area contributed by atoms with Gasteiger partial charge in [0.05, 0.1) is 40.9 Å². The highest BCUT2D eigenvalue weighted by atomic mass is 35.5. The minimum Gasteiger partial charge on any atom is -0.497 e. The van der Waals surface area contributed by atoms with E-state index in [1.807, 2.05) is 24.3 Å². The molecule has 0 atom stereocenters. The van der Waals surface area contributed by atoms with Crippen LogP contribution in [-0.4, -0.2) is 21.5 Å². The molecule has 2 N–H and O–H groups in total. The van der Waals surface area contributed by atoms with E-state index in [4.69, 9.17) is 33.7 Å². The Bertz CT molecular complexity index is 1210. The van der Waals surface area contributed by atoms with Gasteiger partial charge in [-0.15, -0.1) is 0 Å². The molecule has 0 amide bonds. The number of benzene rings is 2. The van der Waals surface area contributed by atoms with Crippen LogP contribution in [-0.2, 0) is 6.54 Å². The van der Waals surface area contributed by atoms with Crippen molar-refractivity contribution < 1.29 is 4.74 Å². The fraction of sp³-hybridized carbons (Fsp3) is 0.100. The lowest BCUT2D eigenvalue weighted by atomic mass is 10.2. The van der Waals surface area contributed by atoms with Crippen molar-refractivity contribution in [2.75, 3.05) is 12.8 Å². The summed E-state index contributed by atoms with van der Waals surface area (Å²) in [5.74, 6) is 0.759. The molecule has 0 saturated carbocycles. The monoisotopic (exact) mass is 414 g/mol. The number of halogens is 2. The molecule has 2 heterocycles. The third kappa shape index (κ3) is 3.21. The molecule has 0 bridgehead atoms. The quantitative estimate of drug-likeness (QED) is 0.509. The molecular weight excluding hydrogens is 399 g/mol. The Hall–Kier alpha value is -2.96. The number of ether oxygens (including phenoxy) is 1. The van der Waals surface area contributed by atoms with Gasteiger partial charge in [-0.25, -0.2) is 4.68 Å². The second kappa shape index (κ2) is 7.22. The first-order valence-corrected chi connectivity index (χ1v) is 9.19. The van der Waals surface area contributed by atoms with Crippen molar-refractivity contribution in [2.24, 2.45) is 0 Å². The van der Waals surface area contributed by atoms with E-state index in [2.05, 4.69) is 5.10 Å². The Morgan fingerprint density at radius 1 is 1.04 bits per heavy atom. The van der Waals surface area contributed by atoms with Gasteiger partial charge in [0.15, 0.2) is 0 Å². The molecule has 28 heavy (non-hydrogen) atoms. The van der Waals surface area contributed by atoms with Gasteiger partial charge in [0.25, 0.3) is 5.56 Å². The summed E-state index contributed by atoms with van der Waals surface area (Å²) in [5, 5.41) is 5.17. The number of hydrogen-bond acceptors (Lipinski definition) is 4. The molecule has 0 aliphatic carbocycles. The Balaban J connectivity index is 1.84. The average Bonchev–Trinajstić information content (AvgIpc) is 3.08. The predicted octanol–water partition coefficient (Wildman–Crippen LogP) is 4.13. The summed E-state index contributed by atoms with van der Waals surface area (Å²) < 4.78 is 8.45. The predicted molar refractivity (Wildman–Crippen MR) is 112 cm³/mol.